The maximum atomic E-state index is 12.1. The molecule has 0 bridgehead atoms. The van der Waals surface area contributed by atoms with Gasteiger partial charge in [-0.2, -0.15) is 0 Å². The Bertz CT molecular complexity index is 1040. The zero-order chi connectivity index (χ0) is 19.9. The molecule has 1 aliphatic rings. The number of hydrogen-bond donors (Lipinski definition) is 0. The first-order valence-corrected chi connectivity index (χ1v) is 10.3. The summed E-state index contributed by atoms with van der Waals surface area (Å²) in [7, 11) is 0. The van der Waals surface area contributed by atoms with Gasteiger partial charge in [-0.05, 0) is 74.4 Å². The van der Waals surface area contributed by atoms with E-state index in [0.29, 0.717) is 5.56 Å². The molecule has 0 saturated heterocycles. The fourth-order valence-corrected chi connectivity index (χ4v) is 4.85. The van der Waals surface area contributed by atoms with Gasteiger partial charge in [-0.1, -0.05) is 18.2 Å². The number of hydrogen-bond acceptors (Lipinski definition) is 5. The number of fused-ring (bicyclic) bond motifs is 2. The van der Waals surface area contributed by atoms with Crippen molar-refractivity contribution in [3.05, 3.63) is 53.6 Å². The number of carboxylic acid groups (broad SMARTS) is 1. The summed E-state index contributed by atoms with van der Waals surface area (Å²) in [6, 6.07) is 14.0. The summed E-state index contributed by atoms with van der Waals surface area (Å²) in [5, 5.41) is 13.0. The van der Waals surface area contributed by atoms with E-state index in [1.807, 2.05) is 57.2 Å². The van der Waals surface area contributed by atoms with Crippen molar-refractivity contribution in [2.24, 2.45) is 0 Å². The molecule has 1 aliphatic heterocycles. The van der Waals surface area contributed by atoms with Gasteiger partial charge in [0.25, 0.3) is 0 Å². The molecule has 4 nitrogen and oxygen atoms in total. The largest absolute Gasteiger partial charge is 1.00 e. The van der Waals surface area contributed by atoms with Crippen LogP contribution in [0.15, 0.2) is 42.5 Å². The van der Waals surface area contributed by atoms with E-state index in [4.69, 9.17) is 9.47 Å². The second-order valence-corrected chi connectivity index (χ2v) is 9.10. The van der Waals surface area contributed by atoms with Crippen LogP contribution in [0.5, 0.6) is 5.75 Å². The van der Waals surface area contributed by atoms with Crippen LogP contribution >= 0.6 is 11.3 Å². The predicted molar refractivity (Wildman–Crippen MR) is 110 cm³/mol. The number of rotatable bonds is 4. The van der Waals surface area contributed by atoms with Crippen molar-refractivity contribution < 1.29 is 70.8 Å². The molecule has 0 saturated carbocycles. The van der Waals surface area contributed by atoms with Crippen LogP contribution in [0, 0.1) is 0 Å². The van der Waals surface area contributed by atoms with Gasteiger partial charge in [-0.15, -0.1) is 11.3 Å². The maximum Gasteiger partial charge on any atom is 1.00 e. The quantitative estimate of drug-likeness (QED) is 0.584. The van der Waals surface area contributed by atoms with Crippen molar-refractivity contribution in [1.29, 1.82) is 0 Å². The van der Waals surface area contributed by atoms with Crippen molar-refractivity contribution in [2.45, 2.75) is 45.3 Å². The first-order valence-electron chi connectivity index (χ1n) is 9.50. The average Bonchev–Trinajstić information content (AvgIpc) is 3.04. The molecule has 0 radical (unpaired) electrons. The van der Waals surface area contributed by atoms with Gasteiger partial charge in [0.05, 0.1) is 18.2 Å². The molecular formula is C23H23KO4S. The first-order chi connectivity index (χ1) is 13.3. The van der Waals surface area contributed by atoms with E-state index >= 15 is 0 Å². The van der Waals surface area contributed by atoms with E-state index in [-0.39, 0.29) is 51.4 Å². The zero-order valence-electron chi connectivity index (χ0n) is 17.3. The third-order valence-electron chi connectivity index (χ3n) is 4.75. The monoisotopic (exact) mass is 434 g/mol. The molecule has 4 rings (SSSR count). The second kappa shape index (κ2) is 9.18. The Labute approximate surface area is 217 Å². The predicted octanol–water partition coefficient (Wildman–Crippen LogP) is 1.50. The number of ether oxygens (including phenoxy) is 2. The summed E-state index contributed by atoms with van der Waals surface area (Å²) in [5.41, 5.74) is 2.21. The number of aryl methyl sites for hydroxylation is 1. The van der Waals surface area contributed by atoms with E-state index in [1.54, 1.807) is 11.3 Å². The van der Waals surface area contributed by atoms with Gasteiger partial charge in [0.2, 0.25) is 0 Å². The van der Waals surface area contributed by atoms with Crippen molar-refractivity contribution in [2.75, 3.05) is 6.61 Å². The fourth-order valence-electron chi connectivity index (χ4n) is 3.62. The van der Waals surface area contributed by atoms with E-state index in [1.165, 1.54) is 0 Å². The van der Waals surface area contributed by atoms with Crippen LogP contribution < -0.4 is 61.2 Å². The Balaban J connectivity index is 0.00000240. The van der Waals surface area contributed by atoms with Crippen molar-refractivity contribution >= 4 is 27.4 Å². The van der Waals surface area contributed by atoms with Gasteiger partial charge in [-0.25, -0.2) is 0 Å². The number of carbonyl (C=O) groups excluding carboxylic acids is 1. The minimum atomic E-state index is -1.22. The van der Waals surface area contributed by atoms with E-state index in [0.717, 1.165) is 51.3 Å². The summed E-state index contributed by atoms with van der Waals surface area (Å²) >= 11 is 1.59. The van der Waals surface area contributed by atoms with Crippen LogP contribution in [0.25, 0.3) is 20.5 Å². The van der Waals surface area contributed by atoms with Crippen LogP contribution in [-0.2, 0) is 16.0 Å². The SMILES string of the molecule is CC(C)(C)OC(C(=O)[O-])c1c(-c2ccc3c(c2)CCCO3)sc2ccccc12.[K+]. The van der Waals surface area contributed by atoms with Gasteiger partial charge in [0.15, 0.2) is 0 Å². The molecular weight excluding hydrogens is 411 g/mol. The van der Waals surface area contributed by atoms with Crippen LogP contribution in [0.4, 0.5) is 0 Å². The Morgan fingerprint density at radius 1 is 1.21 bits per heavy atom. The van der Waals surface area contributed by atoms with E-state index < -0.39 is 17.7 Å². The minimum absolute atomic E-state index is 0. The van der Waals surface area contributed by atoms with E-state index in [9.17, 15) is 9.90 Å². The van der Waals surface area contributed by atoms with Gasteiger partial charge < -0.3 is 19.4 Å². The maximum absolute atomic E-state index is 12.1. The van der Waals surface area contributed by atoms with Gasteiger partial charge in [0.1, 0.15) is 11.9 Å². The molecule has 6 heteroatoms. The first kappa shape index (κ1) is 22.9. The molecule has 0 spiro atoms. The van der Waals surface area contributed by atoms with Crippen molar-refractivity contribution in [1.82, 2.24) is 0 Å². The Morgan fingerprint density at radius 3 is 2.69 bits per heavy atom. The molecule has 0 fully saturated rings. The molecule has 146 valence electrons. The molecule has 2 aromatic carbocycles. The number of aliphatic carboxylic acids is 1. The molecule has 2 heterocycles. The molecule has 0 aliphatic carbocycles. The Hall–Kier alpha value is -0.734. The van der Waals surface area contributed by atoms with Crippen LogP contribution in [-0.4, -0.2) is 18.2 Å². The Kier molecular flexibility index (Phi) is 7.26. The zero-order valence-corrected chi connectivity index (χ0v) is 21.2. The summed E-state index contributed by atoms with van der Waals surface area (Å²) in [5.74, 6) is -0.305. The molecule has 0 amide bonds. The molecule has 1 unspecified atom stereocenters. The minimum Gasteiger partial charge on any atom is -0.547 e. The average molecular weight is 435 g/mol. The van der Waals surface area contributed by atoms with Gasteiger partial charge in [-0.3, -0.25) is 0 Å². The molecule has 1 aromatic heterocycles. The van der Waals surface area contributed by atoms with Crippen molar-refractivity contribution in [3.63, 3.8) is 0 Å². The number of benzene rings is 2. The van der Waals surface area contributed by atoms with Crippen molar-refractivity contribution in [3.8, 4) is 16.2 Å². The standard InChI is InChI=1S/C23H24O4S.K/c1-23(2,3)27-20(22(24)25)19-16-8-4-5-9-18(16)28-21(19)15-10-11-17-14(13-15)7-6-12-26-17;/h4-5,8-11,13,20H,6-7,12H2,1-3H3,(H,24,25);/q;+1/p-1. The smallest absolute Gasteiger partial charge is 0.547 e. The normalized spacial score (nSPS) is 14.6. The van der Waals surface area contributed by atoms with Gasteiger partial charge in [0, 0.05) is 15.1 Å². The molecule has 29 heavy (non-hydrogen) atoms. The fraction of sp³-hybridized carbons (Fsp3) is 0.348. The third kappa shape index (κ3) is 4.96. The third-order valence-corrected chi connectivity index (χ3v) is 5.99. The molecule has 3 aromatic rings. The summed E-state index contributed by atoms with van der Waals surface area (Å²) < 4.78 is 12.7. The molecule has 0 N–H and O–H groups in total. The summed E-state index contributed by atoms with van der Waals surface area (Å²) in [6.07, 6.45) is 0.814. The number of carbonyl (C=O) groups is 1. The topological polar surface area (TPSA) is 58.6 Å². The van der Waals surface area contributed by atoms with Gasteiger partial charge >= 0.3 is 51.4 Å². The molecule has 1 atom stereocenters. The number of carboxylic acids is 1. The number of thiophene rings is 1. The summed E-state index contributed by atoms with van der Waals surface area (Å²) in [4.78, 5) is 13.0. The second-order valence-electron chi connectivity index (χ2n) is 8.04. The summed E-state index contributed by atoms with van der Waals surface area (Å²) in [6.45, 7) is 6.31. The van der Waals surface area contributed by atoms with Crippen LogP contribution in [0.3, 0.4) is 0 Å². The van der Waals surface area contributed by atoms with E-state index in [2.05, 4.69) is 6.07 Å². The van der Waals surface area contributed by atoms with Crippen LogP contribution in [0.2, 0.25) is 0 Å². The van der Waals surface area contributed by atoms with Crippen LogP contribution in [0.1, 0.15) is 44.4 Å². The Morgan fingerprint density at radius 2 is 1.97 bits per heavy atom.